The number of aryl methyl sites for hydroxylation is 2. The lowest BCUT2D eigenvalue weighted by molar-refractivity contribution is -0.121. The minimum Gasteiger partial charge on any atom is -0.350 e. The van der Waals surface area contributed by atoms with Crippen molar-refractivity contribution >= 4 is 5.91 Å². The second-order valence-electron chi connectivity index (χ2n) is 6.38. The summed E-state index contributed by atoms with van der Waals surface area (Å²) in [5, 5.41) is 7.48. The van der Waals surface area contributed by atoms with Crippen LogP contribution in [0, 0.1) is 5.82 Å². The van der Waals surface area contributed by atoms with Crippen molar-refractivity contribution in [1.29, 1.82) is 0 Å². The van der Waals surface area contributed by atoms with Crippen LogP contribution in [0.2, 0.25) is 0 Å². The Kier molecular flexibility index (Phi) is 5.46. The third-order valence-corrected chi connectivity index (χ3v) is 4.32. The van der Waals surface area contributed by atoms with Crippen LogP contribution in [-0.4, -0.2) is 15.7 Å². The van der Waals surface area contributed by atoms with Gasteiger partial charge >= 0.3 is 0 Å². The highest BCUT2D eigenvalue weighted by atomic mass is 19.1. The maximum absolute atomic E-state index is 13.1. The highest BCUT2D eigenvalue weighted by molar-refractivity contribution is 5.77. The third kappa shape index (κ3) is 4.36. The maximum Gasteiger partial charge on any atom is 0.220 e. The molecular weight excluding hydrogens is 329 g/mol. The van der Waals surface area contributed by atoms with Crippen molar-refractivity contribution in [3.05, 3.63) is 77.7 Å². The van der Waals surface area contributed by atoms with Crippen molar-refractivity contribution in [3.63, 3.8) is 0 Å². The zero-order valence-electron chi connectivity index (χ0n) is 14.9. The van der Waals surface area contributed by atoms with Gasteiger partial charge in [0.15, 0.2) is 0 Å². The summed E-state index contributed by atoms with van der Waals surface area (Å²) in [5.41, 5.74) is 3.69. The van der Waals surface area contributed by atoms with Gasteiger partial charge in [-0.2, -0.15) is 5.10 Å². The maximum atomic E-state index is 13.1. The van der Waals surface area contributed by atoms with E-state index in [2.05, 4.69) is 10.4 Å². The molecule has 0 unspecified atom stereocenters. The van der Waals surface area contributed by atoms with Crippen LogP contribution >= 0.6 is 0 Å². The normalized spacial score (nSPS) is 12.0. The molecule has 0 spiro atoms. The fourth-order valence-electron chi connectivity index (χ4n) is 2.96. The molecule has 0 saturated heterocycles. The predicted molar refractivity (Wildman–Crippen MR) is 99.9 cm³/mol. The van der Waals surface area contributed by atoms with Gasteiger partial charge in [0.25, 0.3) is 0 Å². The van der Waals surface area contributed by atoms with E-state index in [1.54, 1.807) is 16.8 Å². The average molecular weight is 351 g/mol. The van der Waals surface area contributed by atoms with Gasteiger partial charge < -0.3 is 5.32 Å². The van der Waals surface area contributed by atoms with Crippen LogP contribution in [0.15, 0.2) is 60.8 Å². The fraction of sp³-hybridized carbons (Fsp3) is 0.238. The Labute approximate surface area is 152 Å². The molecule has 0 aliphatic heterocycles. The summed E-state index contributed by atoms with van der Waals surface area (Å²) in [6, 6.07) is 16.1. The van der Waals surface area contributed by atoms with Crippen LogP contribution < -0.4 is 5.32 Å². The Hall–Kier alpha value is -2.95. The monoisotopic (exact) mass is 351 g/mol. The van der Waals surface area contributed by atoms with E-state index in [-0.39, 0.29) is 17.8 Å². The second kappa shape index (κ2) is 7.95. The molecular formula is C21H22FN3O. The largest absolute Gasteiger partial charge is 0.350 e. The molecule has 5 heteroatoms. The minimum absolute atomic E-state index is 0.00439. The number of nitrogens with zero attached hydrogens (tertiary/aromatic N) is 2. The number of carbonyl (C=O) groups excluding carboxylic acids is 1. The van der Waals surface area contributed by atoms with E-state index < -0.39 is 0 Å². The van der Waals surface area contributed by atoms with Gasteiger partial charge in [-0.25, -0.2) is 4.39 Å². The van der Waals surface area contributed by atoms with Crippen LogP contribution in [0.3, 0.4) is 0 Å². The first-order chi connectivity index (χ1) is 12.5. The van der Waals surface area contributed by atoms with Gasteiger partial charge in [0.2, 0.25) is 5.91 Å². The highest BCUT2D eigenvalue weighted by Gasteiger charge is 2.14. The van der Waals surface area contributed by atoms with Crippen molar-refractivity contribution in [2.24, 2.45) is 7.05 Å². The predicted octanol–water partition coefficient (Wildman–Crippen LogP) is 4.04. The van der Waals surface area contributed by atoms with Crippen molar-refractivity contribution in [2.45, 2.75) is 25.8 Å². The van der Waals surface area contributed by atoms with E-state index in [1.165, 1.54) is 12.1 Å². The number of benzene rings is 2. The first-order valence-corrected chi connectivity index (χ1v) is 8.65. The molecule has 0 saturated carbocycles. The molecule has 134 valence electrons. The Morgan fingerprint density at radius 2 is 1.85 bits per heavy atom. The van der Waals surface area contributed by atoms with Crippen LogP contribution in [0.4, 0.5) is 4.39 Å². The molecule has 0 bridgehead atoms. The zero-order chi connectivity index (χ0) is 18.5. The van der Waals surface area contributed by atoms with Crippen LogP contribution in [-0.2, 0) is 18.3 Å². The van der Waals surface area contributed by atoms with E-state index in [9.17, 15) is 9.18 Å². The molecule has 3 rings (SSSR count). The molecule has 3 aromatic rings. The highest BCUT2D eigenvalue weighted by Crippen LogP contribution is 2.23. The van der Waals surface area contributed by atoms with Crippen molar-refractivity contribution in [1.82, 2.24) is 15.1 Å². The number of nitrogens with one attached hydrogen (secondary N) is 1. The summed E-state index contributed by atoms with van der Waals surface area (Å²) in [6.45, 7) is 1.97. The Morgan fingerprint density at radius 1 is 1.15 bits per heavy atom. The molecule has 4 nitrogen and oxygen atoms in total. The summed E-state index contributed by atoms with van der Waals surface area (Å²) >= 11 is 0. The molecule has 1 aromatic heterocycles. The molecule has 0 radical (unpaired) electrons. The van der Waals surface area contributed by atoms with E-state index >= 15 is 0 Å². The lowest BCUT2D eigenvalue weighted by atomic mass is 10.0. The lowest BCUT2D eigenvalue weighted by Crippen LogP contribution is -2.26. The number of aromatic nitrogens is 2. The summed E-state index contributed by atoms with van der Waals surface area (Å²) in [5.74, 6) is -0.282. The summed E-state index contributed by atoms with van der Waals surface area (Å²) in [4.78, 5) is 12.3. The van der Waals surface area contributed by atoms with Crippen molar-refractivity contribution in [3.8, 4) is 11.3 Å². The molecule has 0 aliphatic carbocycles. The zero-order valence-corrected chi connectivity index (χ0v) is 14.9. The van der Waals surface area contributed by atoms with Crippen molar-refractivity contribution < 1.29 is 9.18 Å². The summed E-state index contributed by atoms with van der Waals surface area (Å²) in [7, 11) is 1.84. The Bertz CT molecular complexity index is 872. The summed E-state index contributed by atoms with van der Waals surface area (Å²) < 4.78 is 14.9. The van der Waals surface area contributed by atoms with Gasteiger partial charge in [-0.1, -0.05) is 30.3 Å². The quantitative estimate of drug-likeness (QED) is 0.729. The Morgan fingerprint density at radius 3 is 2.54 bits per heavy atom. The number of rotatable bonds is 6. The number of hydrogen-bond donors (Lipinski definition) is 1. The van der Waals surface area contributed by atoms with Gasteiger partial charge in [-0.15, -0.1) is 0 Å². The van der Waals surface area contributed by atoms with Crippen molar-refractivity contribution in [2.75, 3.05) is 0 Å². The van der Waals surface area contributed by atoms with Gasteiger partial charge in [0.05, 0.1) is 11.7 Å². The van der Waals surface area contributed by atoms with Gasteiger partial charge in [-0.05, 0) is 48.7 Å². The van der Waals surface area contributed by atoms with Crippen LogP contribution in [0.1, 0.15) is 30.5 Å². The van der Waals surface area contributed by atoms with E-state index in [0.29, 0.717) is 12.8 Å². The molecule has 1 N–H and O–H groups in total. The number of carbonyl (C=O) groups is 1. The molecule has 26 heavy (non-hydrogen) atoms. The van der Waals surface area contributed by atoms with E-state index in [0.717, 1.165) is 22.4 Å². The third-order valence-electron chi connectivity index (χ3n) is 4.32. The van der Waals surface area contributed by atoms with Crippen LogP contribution in [0.25, 0.3) is 11.3 Å². The minimum atomic E-state index is -0.277. The molecule has 2 aromatic carbocycles. The van der Waals surface area contributed by atoms with Crippen LogP contribution in [0.5, 0.6) is 0 Å². The number of amides is 1. The molecule has 0 fully saturated rings. The molecule has 1 heterocycles. The van der Waals surface area contributed by atoms with Gasteiger partial charge in [-0.3, -0.25) is 9.48 Å². The van der Waals surface area contributed by atoms with Gasteiger partial charge in [0.1, 0.15) is 5.82 Å². The SMILES string of the molecule is C[C@@H](NC(=O)CCc1cn(C)nc1-c1ccc(F)cc1)c1ccccc1. The topological polar surface area (TPSA) is 46.9 Å². The Balaban J connectivity index is 1.64. The van der Waals surface area contributed by atoms with Gasteiger partial charge in [0, 0.05) is 25.2 Å². The average Bonchev–Trinajstić information content (AvgIpc) is 3.02. The molecule has 1 atom stereocenters. The molecule has 0 aliphatic rings. The number of hydrogen-bond acceptors (Lipinski definition) is 2. The smallest absolute Gasteiger partial charge is 0.220 e. The lowest BCUT2D eigenvalue weighted by Gasteiger charge is -2.14. The standard InChI is InChI=1S/C21H22FN3O/c1-15(16-6-4-3-5-7-16)23-20(26)13-10-18-14-25(2)24-21(18)17-8-11-19(22)12-9-17/h3-9,11-12,14-15H,10,13H2,1-2H3,(H,23,26)/t15-/m1/s1. The molecule has 1 amide bonds. The van der Waals surface area contributed by atoms with E-state index in [1.807, 2.05) is 50.5 Å². The second-order valence-corrected chi connectivity index (χ2v) is 6.38. The fourth-order valence-corrected chi connectivity index (χ4v) is 2.96. The number of halogens is 1. The first-order valence-electron chi connectivity index (χ1n) is 8.65. The first kappa shape index (κ1) is 17.9. The summed E-state index contributed by atoms with van der Waals surface area (Å²) in [6.07, 6.45) is 2.86. The van der Waals surface area contributed by atoms with E-state index in [4.69, 9.17) is 0 Å².